The molecule has 0 bridgehead atoms. The monoisotopic (exact) mass is 397 g/mol. The molecule has 1 unspecified atom stereocenters. The van der Waals surface area contributed by atoms with Crippen molar-refractivity contribution in [2.45, 2.75) is 26.3 Å². The number of amides is 2. The molecule has 27 heavy (non-hydrogen) atoms. The van der Waals surface area contributed by atoms with E-state index in [1.165, 1.54) is 4.90 Å². The van der Waals surface area contributed by atoms with Crippen LogP contribution >= 0.6 is 12.4 Å². The van der Waals surface area contributed by atoms with Gasteiger partial charge in [0.2, 0.25) is 5.91 Å². The first-order valence-electron chi connectivity index (χ1n) is 8.95. The molecule has 0 spiro atoms. The number of esters is 1. The lowest BCUT2D eigenvalue weighted by Crippen LogP contribution is -2.47. The number of halogens is 1. The Bertz CT molecular complexity index is 651. The third-order valence-electron chi connectivity index (χ3n) is 4.55. The normalized spacial score (nSPS) is 16.3. The van der Waals surface area contributed by atoms with Crippen LogP contribution in [0.25, 0.3) is 0 Å². The highest BCUT2D eigenvalue weighted by Crippen LogP contribution is 2.18. The van der Waals surface area contributed by atoms with Gasteiger partial charge in [0.05, 0.1) is 19.1 Å². The van der Waals surface area contributed by atoms with Crippen molar-refractivity contribution in [1.82, 2.24) is 9.80 Å². The number of carbonyl (C=O) groups is 3. The molecule has 0 aliphatic carbocycles. The number of ether oxygens (including phenoxy) is 1. The van der Waals surface area contributed by atoms with Crippen LogP contribution in [0, 0.1) is 5.92 Å². The number of hydrogen-bond donors (Lipinski definition) is 1. The molecule has 0 aromatic heterocycles. The van der Waals surface area contributed by atoms with E-state index < -0.39 is 0 Å². The van der Waals surface area contributed by atoms with Gasteiger partial charge >= 0.3 is 5.97 Å². The van der Waals surface area contributed by atoms with Crippen LogP contribution in [0.5, 0.6) is 0 Å². The molecule has 1 fully saturated rings. The van der Waals surface area contributed by atoms with Gasteiger partial charge in [0.25, 0.3) is 5.91 Å². The predicted octanol–water partition coefficient (Wildman–Crippen LogP) is 1.44. The fourth-order valence-electron chi connectivity index (χ4n) is 3.03. The Balaban J connectivity index is 0.00000364. The van der Waals surface area contributed by atoms with Crippen LogP contribution in [-0.2, 0) is 20.9 Å². The lowest BCUT2D eigenvalue weighted by Gasteiger charge is -2.32. The molecule has 1 aromatic rings. The number of hydrogen-bond acceptors (Lipinski definition) is 5. The second-order valence-corrected chi connectivity index (χ2v) is 6.49. The van der Waals surface area contributed by atoms with Crippen LogP contribution in [0.1, 0.15) is 35.7 Å². The zero-order valence-corrected chi connectivity index (χ0v) is 16.7. The lowest BCUT2D eigenvalue weighted by molar-refractivity contribution is -0.151. The fourth-order valence-corrected chi connectivity index (χ4v) is 3.03. The van der Waals surface area contributed by atoms with Crippen molar-refractivity contribution in [2.75, 3.05) is 33.3 Å². The smallest absolute Gasteiger partial charge is 0.310 e. The summed E-state index contributed by atoms with van der Waals surface area (Å²) in [7, 11) is 1.60. The van der Waals surface area contributed by atoms with Crippen molar-refractivity contribution in [2.24, 2.45) is 11.7 Å². The van der Waals surface area contributed by atoms with Crippen molar-refractivity contribution >= 4 is 30.2 Å². The first-order chi connectivity index (χ1) is 12.5. The quantitative estimate of drug-likeness (QED) is 0.733. The van der Waals surface area contributed by atoms with Crippen LogP contribution in [0.4, 0.5) is 0 Å². The van der Waals surface area contributed by atoms with Crippen LogP contribution in [0.2, 0.25) is 0 Å². The number of carbonyl (C=O) groups excluding carboxylic acids is 3. The topological polar surface area (TPSA) is 92.9 Å². The minimum atomic E-state index is -0.280. The largest absolute Gasteiger partial charge is 0.466 e. The zero-order valence-electron chi connectivity index (χ0n) is 15.8. The number of benzene rings is 1. The van der Waals surface area contributed by atoms with Gasteiger partial charge in [-0.05, 0) is 37.5 Å². The van der Waals surface area contributed by atoms with E-state index in [4.69, 9.17) is 10.5 Å². The molecule has 2 amide bonds. The summed E-state index contributed by atoms with van der Waals surface area (Å²) in [6.07, 6.45) is 1.48. The van der Waals surface area contributed by atoms with Gasteiger partial charge in [-0.2, -0.15) is 0 Å². The Kier molecular flexibility index (Phi) is 9.25. The van der Waals surface area contributed by atoms with E-state index in [1.807, 2.05) is 0 Å². The summed E-state index contributed by atoms with van der Waals surface area (Å²) < 4.78 is 5.06. The Morgan fingerprint density at radius 3 is 2.52 bits per heavy atom. The van der Waals surface area contributed by atoms with E-state index in [0.29, 0.717) is 31.8 Å². The summed E-state index contributed by atoms with van der Waals surface area (Å²) in [6.45, 7) is 3.45. The van der Waals surface area contributed by atoms with Gasteiger partial charge in [0.1, 0.15) is 0 Å². The van der Waals surface area contributed by atoms with E-state index in [1.54, 1.807) is 43.1 Å². The highest BCUT2D eigenvalue weighted by Gasteiger charge is 2.30. The summed E-state index contributed by atoms with van der Waals surface area (Å²) in [5.74, 6) is -0.916. The summed E-state index contributed by atoms with van der Waals surface area (Å²) >= 11 is 0. The highest BCUT2D eigenvalue weighted by molar-refractivity contribution is 5.96. The van der Waals surface area contributed by atoms with Crippen LogP contribution < -0.4 is 5.73 Å². The molecule has 1 aliphatic heterocycles. The third kappa shape index (κ3) is 6.22. The lowest BCUT2D eigenvalue weighted by atomic mass is 9.98. The summed E-state index contributed by atoms with van der Waals surface area (Å²) in [5, 5.41) is 0. The number of likely N-dealkylation sites (tertiary alicyclic amines) is 1. The minimum absolute atomic E-state index is 0. The van der Waals surface area contributed by atoms with Crippen LogP contribution in [-0.4, -0.2) is 60.9 Å². The standard InChI is InChI=1S/C19H27N3O4.ClH/c1-3-26-19(25)16-5-4-10-22(12-16)17(23)13-21(2)18(24)15-8-6-14(11-20)7-9-15;/h6-9,16H,3-5,10-13,20H2,1-2H3;1H. The molecule has 8 heteroatoms. The van der Waals surface area contributed by atoms with Gasteiger partial charge in [-0.15, -0.1) is 12.4 Å². The maximum Gasteiger partial charge on any atom is 0.310 e. The number of piperidine rings is 1. The van der Waals surface area contributed by atoms with Gasteiger partial charge in [0.15, 0.2) is 0 Å². The first-order valence-corrected chi connectivity index (χ1v) is 8.95. The van der Waals surface area contributed by atoms with Gasteiger partial charge < -0.3 is 20.3 Å². The van der Waals surface area contributed by atoms with Gasteiger partial charge in [-0.3, -0.25) is 14.4 Å². The fraction of sp³-hybridized carbons (Fsp3) is 0.526. The zero-order chi connectivity index (χ0) is 19.1. The Labute approximate surface area is 166 Å². The van der Waals surface area contributed by atoms with Gasteiger partial charge in [0, 0.05) is 32.2 Å². The summed E-state index contributed by atoms with van der Waals surface area (Å²) in [5.41, 5.74) is 7.01. The molecule has 2 rings (SSSR count). The first kappa shape index (κ1) is 22.9. The van der Waals surface area contributed by atoms with Crippen molar-refractivity contribution in [1.29, 1.82) is 0 Å². The second kappa shape index (κ2) is 10.9. The van der Waals surface area contributed by atoms with E-state index in [-0.39, 0.29) is 42.7 Å². The summed E-state index contributed by atoms with van der Waals surface area (Å²) in [4.78, 5) is 39.9. The van der Waals surface area contributed by atoms with Crippen molar-refractivity contribution in [3.05, 3.63) is 35.4 Å². The van der Waals surface area contributed by atoms with Gasteiger partial charge in [-0.25, -0.2) is 0 Å². The van der Waals surface area contributed by atoms with Crippen molar-refractivity contribution < 1.29 is 19.1 Å². The minimum Gasteiger partial charge on any atom is -0.466 e. The Morgan fingerprint density at radius 2 is 1.93 bits per heavy atom. The third-order valence-corrected chi connectivity index (χ3v) is 4.55. The van der Waals surface area contributed by atoms with Crippen molar-refractivity contribution in [3.63, 3.8) is 0 Å². The maximum absolute atomic E-state index is 12.5. The molecular formula is C19H28ClN3O4. The van der Waals surface area contributed by atoms with Gasteiger partial charge in [-0.1, -0.05) is 12.1 Å². The molecule has 7 nitrogen and oxygen atoms in total. The number of nitrogens with zero attached hydrogens (tertiary/aromatic N) is 2. The molecular weight excluding hydrogens is 370 g/mol. The molecule has 0 saturated carbocycles. The maximum atomic E-state index is 12.5. The molecule has 1 aromatic carbocycles. The number of nitrogens with two attached hydrogens (primary N) is 1. The highest BCUT2D eigenvalue weighted by atomic mass is 35.5. The van der Waals surface area contributed by atoms with E-state index in [0.717, 1.165) is 18.4 Å². The average molecular weight is 398 g/mol. The molecule has 1 aliphatic rings. The predicted molar refractivity (Wildman–Crippen MR) is 104 cm³/mol. The van der Waals surface area contributed by atoms with Crippen LogP contribution in [0.3, 0.4) is 0 Å². The molecule has 150 valence electrons. The van der Waals surface area contributed by atoms with E-state index >= 15 is 0 Å². The summed E-state index contributed by atoms with van der Waals surface area (Å²) in [6, 6.07) is 7.03. The molecule has 2 N–H and O–H groups in total. The molecule has 1 heterocycles. The van der Waals surface area contributed by atoms with E-state index in [2.05, 4.69) is 0 Å². The average Bonchev–Trinajstić information content (AvgIpc) is 2.67. The molecule has 0 radical (unpaired) electrons. The number of likely N-dealkylation sites (N-methyl/N-ethyl adjacent to an activating group) is 1. The van der Waals surface area contributed by atoms with Crippen molar-refractivity contribution in [3.8, 4) is 0 Å². The molecule has 1 saturated heterocycles. The van der Waals surface area contributed by atoms with E-state index in [9.17, 15) is 14.4 Å². The Morgan fingerprint density at radius 1 is 1.26 bits per heavy atom. The van der Waals surface area contributed by atoms with Crippen LogP contribution in [0.15, 0.2) is 24.3 Å². The molecule has 1 atom stereocenters. The Hall–Kier alpha value is -2.12. The second-order valence-electron chi connectivity index (χ2n) is 6.49. The SMILES string of the molecule is CCOC(=O)C1CCCN(C(=O)CN(C)C(=O)c2ccc(CN)cc2)C1.Cl. The number of rotatable bonds is 6.